The van der Waals surface area contributed by atoms with Crippen LogP contribution >= 0.6 is 0 Å². The van der Waals surface area contributed by atoms with E-state index in [-0.39, 0.29) is 50.3 Å². The predicted octanol–water partition coefficient (Wildman–Crippen LogP) is -7.40. The van der Waals surface area contributed by atoms with Crippen molar-refractivity contribution in [2.24, 2.45) is 98.8 Å². The molecular weight excluding hydrogens is 1010 g/mol. The molecule has 442 valence electrons. The minimum Gasteiger partial charge on any atom is -0.388 e. The summed E-state index contributed by atoms with van der Waals surface area (Å²) < 4.78 is 37.3. The summed E-state index contributed by atoms with van der Waals surface area (Å²) >= 11 is 0. The normalized spacial score (nSPS) is 34.0. The lowest BCUT2D eigenvalue weighted by atomic mass is 9.83. The maximum absolute atomic E-state index is 13.4. The number of aliphatic hydroxyl groups excluding tert-OH is 6. The number of nitrogens with two attached hydrogens (primary N) is 12. The highest BCUT2D eigenvalue weighted by Gasteiger charge is 2.56. The van der Waals surface area contributed by atoms with Crippen LogP contribution in [0.1, 0.15) is 103 Å². The fraction of sp³-hybridized carbons (Fsp3) is 0.844. The van der Waals surface area contributed by atoms with Gasteiger partial charge in [-0.25, -0.2) is 20.0 Å². The number of carbonyl (C=O) groups is 1. The van der Waals surface area contributed by atoms with Gasteiger partial charge in [0.25, 0.3) is 0 Å². The molecule has 1 saturated carbocycles. The summed E-state index contributed by atoms with van der Waals surface area (Å²) in [6.45, 7) is 1.18. The Balaban J connectivity index is 1.65. The van der Waals surface area contributed by atoms with E-state index in [1.165, 1.54) is 51.4 Å². The van der Waals surface area contributed by atoms with Crippen LogP contribution in [0.3, 0.4) is 0 Å². The van der Waals surface area contributed by atoms with E-state index in [1.807, 2.05) is 0 Å². The van der Waals surface area contributed by atoms with Gasteiger partial charge in [0.15, 0.2) is 54.6 Å². The first-order valence-electron chi connectivity index (χ1n) is 26.3. The fourth-order valence-corrected chi connectivity index (χ4v) is 9.79. The number of amides is 1. The highest BCUT2D eigenvalue weighted by atomic mass is 16.7. The Bertz CT molecular complexity index is 1970. The molecule has 77 heavy (non-hydrogen) atoms. The maximum atomic E-state index is 13.4. The minimum atomic E-state index is -1.90. The second kappa shape index (κ2) is 31.9. The lowest BCUT2D eigenvalue weighted by Gasteiger charge is -2.47. The Labute approximate surface area is 447 Å². The molecule has 0 aromatic carbocycles. The second-order valence-electron chi connectivity index (χ2n) is 19.8. The molecule has 31 N–H and O–H groups in total. The molecule has 0 radical (unpaired) electrons. The van der Waals surface area contributed by atoms with E-state index in [9.17, 15) is 35.4 Å². The molecular formula is C45H89N19O13. The summed E-state index contributed by atoms with van der Waals surface area (Å²) in [7, 11) is 0. The molecule has 3 saturated heterocycles. The zero-order valence-electron chi connectivity index (χ0n) is 43.9. The van der Waals surface area contributed by atoms with Gasteiger partial charge in [-0.15, -0.1) is 0 Å². The summed E-state index contributed by atoms with van der Waals surface area (Å²) in [4.78, 5) is 37.8. The van der Waals surface area contributed by atoms with Crippen molar-refractivity contribution in [1.82, 2.24) is 5.32 Å². The molecule has 1 unspecified atom stereocenters. The van der Waals surface area contributed by atoms with Gasteiger partial charge in [-0.05, 0) is 12.8 Å². The molecule has 3 aliphatic heterocycles. The van der Waals surface area contributed by atoms with Crippen LogP contribution in [0.15, 0.2) is 30.0 Å². The molecule has 4 aliphatic rings. The number of ether oxygens (including phenoxy) is 6. The third kappa shape index (κ3) is 20.1. The molecule has 1 amide bonds. The molecule has 0 aromatic heterocycles. The summed E-state index contributed by atoms with van der Waals surface area (Å²) in [5, 5.41) is 72.4. The van der Waals surface area contributed by atoms with Crippen molar-refractivity contribution < 1.29 is 63.9 Å². The molecule has 0 spiro atoms. The number of aliphatic imine (C=N–C) groups is 6. The van der Waals surface area contributed by atoms with Crippen LogP contribution in [-0.4, -0.2) is 208 Å². The van der Waals surface area contributed by atoms with Crippen LogP contribution in [0.25, 0.3) is 0 Å². The quantitative estimate of drug-likeness (QED) is 0.0180. The number of hydrogen-bond donors (Lipinski definition) is 19. The first-order valence-corrected chi connectivity index (χ1v) is 26.3. The number of guanidine groups is 6. The van der Waals surface area contributed by atoms with Gasteiger partial charge in [0.2, 0.25) is 5.91 Å². The zero-order chi connectivity index (χ0) is 56.9. The van der Waals surface area contributed by atoms with Crippen LogP contribution in [0.2, 0.25) is 0 Å². The lowest BCUT2D eigenvalue weighted by Crippen LogP contribution is -2.64. The van der Waals surface area contributed by atoms with Crippen LogP contribution in [0.4, 0.5) is 0 Å². The molecule has 0 bridgehead atoms. The van der Waals surface area contributed by atoms with Gasteiger partial charge in [0.05, 0.1) is 25.2 Å². The monoisotopic (exact) mass is 1100 g/mol. The van der Waals surface area contributed by atoms with Gasteiger partial charge in [-0.3, -0.25) is 14.8 Å². The Kier molecular flexibility index (Phi) is 26.5. The lowest BCUT2D eigenvalue weighted by molar-refractivity contribution is -0.306. The molecule has 4 rings (SSSR count). The van der Waals surface area contributed by atoms with E-state index in [0.29, 0.717) is 6.42 Å². The number of aliphatic hydroxyl groups is 6. The molecule has 32 heteroatoms. The molecule has 4 fully saturated rings. The Morgan fingerprint density at radius 3 is 1.48 bits per heavy atom. The second-order valence-corrected chi connectivity index (χ2v) is 19.8. The molecule has 0 aromatic rings. The first kappa shape index (κ1) is 64.1. The largest absolute Gasteiger partial charge is 0.388 e. The van der Waals surface area contributed by atoms with Gasteiger partial charge in [0.1, 0.15) is 85.3 Å². The van der Waals surface area contributed by atoms with Crippen molar-refractivity contribution >= 4 is 41.7 Å². The van der Waals surface area contributed by atoms with Crippen molar-refractivity contribution in [3.8, 4) is 0 Å². The van der Waals surface area contributed by atoms with Crippen LogP contribution in [0, 0.1) is 0 Å². The molecule has 3 heterocycles. The van der Waals surface area contributed by atoms with E-state index in [1.54, 1.807) is 0 Å². The van der Waals surface area contributed by atoms with E-state index in [4.69, 9.17) is 97.2 Å². The van der Waals surface area contributed by atoms with Crippen molar-refractivity contribution in [1.29, 1.82) is 0 Å². The standard InChI is InChI=1S/C45H89N19O13/c1-2-3-4-5-6-7-8-9-10-11-12-13-14-15-25(65)58-19-24-34(75-35-26(63-44(54)55)29(67)22(72-37(35)71)17-59-40(46)47)32(70)39(74-24)77-36-28(66)20(61-42(50)51)16-21(62-43(52)53)33(36)76-38-27(64-45(56)57)31(69)30(68)23(73-38)18-60-41(48)49/h20-24,26-39,66-71H,2-19H2,1H3,(H,58,65)(H4,46,47,59)(H4,48,49,60)(H4,50,51,61)(H4,52,53,62)(H4,54,55,63)(H4,56,57,64)/t20-,21+,22-,23-,24-,26-,27-,28+,29-,30-,31-,32-,33-,34-,35-,36-,37+,38-,39?/m1/s1. The van der Waals surface area contributed by atoms with Crippen LogP contribution in [-0.2, 0) is 33.2 Å². The van der Waals surface area contributed by atoms with E-state index < -0.39 is 140 Å². The van der Waals surface area contributed by atoms with Gasteiger partial charge >= 0.3 is 0 Å². The third-order valence-electron chi connectivity index (χ3n) is 13.6. The summed E-state index contributed by atoms with van der Waals surface area (Å²) in [5.74, 6) is -3.05. The average Bonchev–Trinajstić information content (AvgIpc) is 3.64. The number of rotatable bonds is 30. The van der Waals surface area contributed by atoms with Gasteiger partial charge in [-0.1, -0.05) is 84.0 Å². The highest BCUT2D eigenvalue weighted by molar-refractivity contribution is 5.78. The Morgan fingerprint density at radius 2 is 0.948 bits per heavy atom. The van der Waals surface area contributed by atoms with Crippen molar-refractivity contribution in [3.05, 3.63) is 0 Å². The Morgan fingerprint density at radius 1 is 0.468 bits per heavy atom. The number of hydrogen-bond acceptors (Lipinski definition) is 19. The van der Waals surface area contributed by atoms with Crippen molar-refractivity contribution in [3.63, 3.8) is 0 Å². The zero-order valence-corrected chi connectivity index (χ0v) is 43.9. The maximum Gasteiger partial charge on any atom is 0.220 e. The molecule has 19 atom stereocenters. The summed E-state index contributed by atoms with van der Waals surface area (Å²) in [6, 6.07) is -5.50. The van der Waals surface area contributed by atoms with E-state index in [0.717, 1.165) is 25.7 Å². The van der Waals surface area contributed by atoms with Crippen LogP contribution in [0.5, 0.6) is 0 Å². The summed E-state index contributed by atoms with van der Waals surface area (Å²) in [5.41, 5.74) is 68.5. The SMILES string of the molecule is CCCCCCCCCCCCCCCC(=O)NC[C@H]1OC(O[C@@H]2[C@@H](O)[C@H](N=C(N)N)C[C@H](N=C(N)N)[C@H]2O[C@H]2O[C@H](CN=C(N)N)[C@@H](O)[C@H](O)[C@H]2N=C(N)N)[C@H](O)[C@@H]1O[C@@H]1[C@H](N=C(N)N)[C@H](O)[C@@H](CN=C(N)N)O[C@@H]1O. The fourth-order valence-electron chi connectivity index (χ4n) is 9.79. The average molecular weight is 1100 g/mol. The van der Waals surface area contributed by atoms with Gasteiger partial charge in [0, 0.05) is 13.0 Å². The number of unbranched alkanes of at least 4 members (excludes halogenated alkanes) is 12. The smallest absolute Gasteiger partial charge is 0.220 e. The van der Waals surface area contributed by atoms with Gasteiger partial charge < -0.3 is 133 Å². The topological polar surface area (TPSA) is 592 Å². The first-order chi connectivity index (χ1) is 36.5. The Hall–Kier alpha value is -5.39. The molecule has 1 aliphatic carbocycles. The molecule has 32 nitrogen and oxygen atoms in total. The van der Waals surface area contributed by atoms with E-state index in [2.05, 4.69) is 42.2 Å². The summed E-state index contributed by atoms with van der Waals surface area (Å²) in [6.07, 6.45) is -10.1. The van der Waals surface area contributed by atoms with Crippen molar-refractivity contribution in [2.75, 3.05) is 19.6 Å². The number of carbonyl (C=O) groups excluding carboxylic acids is 1. The highest BCUT2D eigenvalue weighted by Crippen LogP contribution is 2.38. The van der Waals surface area contributed by atoms with Crippen LogP contribution < -0.4 is 74.1 Å². The van der Waals surface area contributed by atoms with Crippen molar-refractivity contribution in [2.45, 2.75) is 220 Å². The van der Waals surface area contributed by atoms with Gasteiger partial charge in [-0.2, -0.15) is 0 Å². The number of nitrogens with one attached hydrogen (secondary N) is 1. The predicted molar refractivity (Wildman–Crippen MR) is 284 cm³/mol. The third-order valence-corrected chi connectivity index (χ3v) is 13.6. The number of nitrogens with zero attached hydrogens (tertiary/aromatic N) is 6. The minimum absolute atomic E-state index is 0.165. The van der Waals surface area contributed by atoms with E-state index >= 15 is 0 Å².